The van der Waals surface area contributed by atoms with E-state index in [0.717, 1.165) is 17.0 Å². The van der Waals surface area contributed by atoms with Crippen LogP contribution in [0, 0.1) is 0 Å². The highest BCUT2D eigenvalue weighted by molar-refractivity contribution is 7.15. The summed E-state index contributed by atoms with van der Waals surface area (Å²) in [4.78, 5) is 25.1. The first-order valence-corrected chi connectivity index (χ1v) is 9.23. The minimum absolute atomic E-state index is 0.0585. The topological polar surface area (TPSA) is 72.0 Å². The molecule has 0 aliphatic rings. The van der Waals surface area contributed by atoms with Gasteiger partial charge in [-0.1, -0.05) is 66.8 Å². The number of amides is 1. The van der Waals surface area contributed by atoms with Crippen LogP contribution < -0.4 is 5.32 Å². The number of hydrogen-bond acceptors (Lipinski definition) is 5. The lowest BCUT2D eigenvalue weighted by atomic mass is 9.95. The highest BCUT2D eigenvalue weighted by Gasteiger charge is 2.19. The van der Waals surface area contributed by atoms with Gasteiger partial charge in [-0.2, -0.15) is 0 Å². The lowest BCUT2D eigenvalue weighted by Crippen LogP contribution is -2.19. The zero-order valence-electron chi connectivity index (χ0n) is 14.6. The van der Waals surface area contributed by atoms with Gasteiger partial charge >= 0.3 is 0 Å². The second kappa shape index (κ2) is 8.01. The van der Waals surface area contributed by atoms with Gasteiger partial charge in [0, 0.05) is 11.1 Å². The summed E-state index contributed by atoms with van der Waals surface area (Å²) >= 11 is 1.37. The number of aryl methyl sites for hydroxylation is 1. The number of carbonyl (C=O) groups excluding carboxylic acids is 2. The fourth-order valence-corrected chi connectivity index (χ4v) is 3.20. The molecule has 3 aromatic rings. The third-order valence-corrected chi connectivity index (χ3v) is 5.06. The summed E-state index contributed by atoms with van der Waals surface area (Å²) in [5.74, 6) is -0.641. The van der Waals surface area contributed by atoms with Crippen molar-refractivity contribution in [3.05, 3.63) is 76.3 Å². The first-order chi connectivity index (χ1) is 12.6. The molecule has 26 heavy (non-hydrogen) atoms. The Morgan fingerprint density at radius 2 is 1.77 bits per heavy atom. The predicted octanol–water partition coefficient (Wildman–Crippen LogP) is 4.07. The van der Waals surface area contributed by atoms with E-state index in [4.69, 9.17) is 0 Å². The highest BCUT2D eigenvalue weighted by Crippen LogP contribution is 2.22. The number of carbonyl (C=O) groups is 2. The van der Waals surface area contributed by atoms with Crippen LogP contribution in [0.15, 0.2) is 54.6 Å². The summed E-state index contributed by atoms with van der Waals surface area (Å²) in [6, 6.07) is 16.3. The number of nitrogens with zero attached hydrogens (tertiary/aromatic N) is 2. The standard InChI is InChI=1S/C20H19N3O2S/c1-3-17-22-23-20(26-17)21-19(25)13(2)15-10-7-11-16(12-15)18(24)14-8-5-4-6-9-14/h4-13H,3H2,1-2H3,(H,21,23,25). The average molecular weight is 365 g/mol. The maximum Gasteiger partial charge on any atom is 0.233 e. The normalized spacial score (nSPS) is 11.8. The van der Waals surface area contributed by atoms with Crippen LogP contribution in [0.3, 0.4) is 0 Å². The van der Waals surface area contributed by atoms with Crippen LogP contribution in [0.2, 0.25) is 0 Å². The minimum atomic E-state index is -0.410. The molecule has 1 N–H and O–H groups in total. The van der Waals surface area contributed by atoms with Gasteiger partial charge in [0.15, 0.2) is 5.78 Å². The lowest BCUT2D eigenvalue weighted by molar-refractivity contribution is -0.117. The number of ketones is 1. The molecule has 1 heterocycles. The third-order valence-electron chi connectivity index (χ3n) is 4.08. The minimum Gasteiger partial charge on any atom is -0.300 e. The summed E-state index contributed by atoms with van der Waals surface area (Å²) < 4.78 is 0. The van der Waals surface area contributed by atoms with Gasteiger partial charge in [0.05, 0.1) is 5.92 Å². The van der Waals surface area contributed by atoms with Gasteiger partial charge < -0.3 is 5.32 Å². The number of benzene rings is 2. The van der Waals surface area contributed by atoms with Crippen LogP contribution in [-0.2, 0) is 11.2 Å². The third kappa shape index (κ3) is 4.03. The zero-order valence-corrected chi connectivity index (χ0v) is 15.4. The van der Waals surface area contributed by atoms with E-state index in [1.807, 2.05) is 38.1 Å². The molecule has 0 saturated heterocycles. The summed E-state index contributed by atoms with van der Waals surface area (Å²) in [6.07, 6.45) is 0.784. The molecule has 1 aromatic heterocycles. The van der Waals surface area contributed by atoms with Gasteiger partial charge in [0.2, 0.25) is 11.0 Å². The molecule has 1 unspecified atom stereocenters. The van der Waals surface area contributed by atoms with Crippen molar-refractivity contribution >= 4 is 28.2 Å². The molecule has 3 rings (SSSR count). The molecule has 0 aliphatic heterocycles. The van der Waals surface area contributed by atoms with Crippen molar-refractivity contribution in [2.24, 2.45) is 0 Å². The van der Waals surface area contributed by atoms with Crippen molar-refractivity contribution in [2.45, 2.75) is 26.2 Å². The van der Waals surface area contributed by atoms with Crippen LogP contribution in [0.4, 0.5) is 5.13 Å². The number of hydrogen-bond donors (Lipinski definition) is 1. The van der Waals surface area contributed by atoms with Crippen LogP contribution >= 0.6 is 11.3 Å². The zero-order chi connectivity index (χ0) is 18.5. The van der Waals surface area contributed by atoms with E-state index in [2.05, 4.69) is 15.5 Å². The molecule has 1 amide bonds. The summed E-state index contributed by atoms with van der Waals surface area (Å²) in [7, 11) is 0. The van der Waals surface area contributed by atoms with Crippen molar-refractivity contribution in [1.82, 2.24) is 10.2 Å². The molecule has 6 heteroatoms. The van der Waals surface area contributed by atoms with E-state index in [9.17, 15) is 9.59 Å². The van der Waals surface area contributed by atoms with E-state index >= 15 is 0 Å². The van der Waals surface area contributed by atoms with Crippen LogP contribution in [-0.4, -0.2) is 21.9 Å². The van der Waals surface area contributed by atoms with E-state index < -0.39 is 5.92 Å². The molecule has 0 saturated carbocycles. The summed E-state index contributed by atoms with van der Waals surface area (Å²) in [5, 5.41) is 12.1. The Morgan fingerprint density at radius 3 is 2.46 bits per heavy atom. The van der Waals surface area contributed by atoms with Gasteiger partial charge in [-0.05, 0) is 25.0 Å². The average Bonchev–Trinajstić information content (AvgIpc) is 3.15. The van der Waals surface area contributed by atoms with E-state index in [1.165, 1.54) is 11.3 Å². The molecule has 1 atom stereocenters. The summed E-state index contributed by atoms with van der Waals surface area (Å²) in [5.41, 5.74) is 1.98. The Labute approximate surface area is 156 Å². The summed E-state index contributed by atoms with van der Waals surface area (Å²) in [6.45, 7) is 3.80. The monoisotopic (exact) mass is 365 g/mol. The van der Waals surface area contributed by atoms with Crippen molar-refractivity contribution in [3.8, 4) is 0 Å². The lowest BCUT2D eigenvalue weighted by Gasteiger charge is -2.12. The first-order valence-electron chi connectivity index (χ1n) is 8.41. The second-order valence-corrected chi connectivity index (χ2v) is 6.95. The molecule has 0 bridgehead atoms. The van der Waals surface area contributed by atoms with Gasteiger partial charge in [0.25, 0.3) is 0 Å². The van der Waals surface area contributed by atoms with Crippen LogP contribution in [0.25, 0.3) is 0 Å². The number of anilines is 1. The molecule has 0 spiro atoms. The Kier molecular flexibility index (Phi) is 5.53. The van der Waals surface area contributed by atoms with Crippen molar-refractivity contribution in [2.75, 3.05) is 5.32 Å². The Bertz CT molecular complexity index is 922. The molecule has 2 aromatic carbocycles. The van der Waals surface area contributed by atoms with Crippen molar-refractivity contribution < 1.29 is 9.59 Å². The first kappa shape index (κ1) is 17.9. The molecule has 5 nitrogen and oxygen atoms in total. The van der Waals surface area contributed by atoms with Gasteiger partial charge in [-0.25, -0.2) is 0 Å². The molecule has 132 valence electrons. The number of nitrogens with one attached hydrogen (secondary N) is 1. The number of rotatable bonds is 6. The molecular weight excluding hydrogens is 346 g/mol. The molecular formula is C20H19N3O2S. The van der Waals surface area contributed by atoms with Crippen LogP contribution in [0.5, 0.6) is 0 Å². The van der Waals surface area contributed by atoms with Crippen molar-refractivity contribution in [1.29, 1.82) is 0 Å². The van der Waals surface area contributed by atoms with Crippen LogP contribution in [0.1, 0.15) is 46.3 Å². The molecule has 0 radical (unpaired) electrons. The fourth-order valence-electron chi connectivity index (χ4n) is 2.52. The van der Waals surface area contributed by atoms with Crippen molar-refractivity contribution in [3.63, 3.8) is 0 Å². The van der Waals surface area contributed by atoms with E-state index in [0.29, 0.717) is 16.3 Å². The fraction of sp³-hybridized carbons (Fsp3) is 0.200. The maximum absolute atomic E-state index is 12.6. The Morgan fingerprint density at radius 1 is 1.04 bits per heavy atom. The van der Waals surface area contributed by atoms with Gasteiger partial charge in [-0.15, -0.1) is 10.2 Å². The predicted molar refractivity (Wildman–Crippen MR) is 103 cm³/mol. The van der Waals surface area contributed by atoms with Gasteiger partial charge in [-0.3, -0.25) is 9.59 Å². The Hall–Kier alpha value is -2.86. The van der Waals surface area contributed by atoms with E-state index in [1.54, 1.807) is 30.3 Å². The van der Waals surface area contributed by atoms with E-state index in [-0.39, 0.29) is 11.7 Å². The smallest absolute Gasteiger partial charge is 0.233 e. The SMILES string of the molecule is CCc1nnc(NC(=O)C(C)c2cccc(C(=O)c3ccccc3)c2)s1. The highest BCUT2D eigenvalue weighted by atomic mass is 32.1. The number of aromatic nitrogens is 2. The largest absolute Gasteiger partial charge is 0.300 e. The Balaban J connectivity index is 1.76. The molecule has 0 aliphatic carbocycles. The second-order valence-electron chi connectivity index (χ2n) is 5.89. The van der Waals surface area contributed by atoms with Gasteiger partial charge in [0.1, 0.15) is 5.01 Å². The quantitative estimate of drug-likeness (QED) is 0.668. The maximum atomic E-state index is 12.6. The molecule has 0 fully saturated rings.